The third kappa shape index (κ3) is 2.73. The highest BCUT2D eigenvalue weighted by Gasteiger charge is 2.31. The zero-order valence-electron chi connectivity index (χ0n) is 9.42. The molecule has 1 amide bonds. The SMILES string of the molecule is CCCN1C(=O)C(=Cc2ccccn2)SC1=S. The maximum absolute atomic E-state index is 12.0. The molecule has 1 aromatic rings. The average Bonchev–Trinajstić information content (AvgIpc) is 2.59. The van der Waals surface area contributed by atoms with Gasteiger partial charge in [-0.25, -0.2) is 0 Å². The van der Waals surface area contributed by atoms with Gasteiger partial charge in [-0.3, -0.25) is 14.7 Å². The number of pyridine rings is 1. The minimum absolute atomic E-state index is 0.00694. The van der Waals surface area contributed by atoms with Crippen LogP contribution in [0.4, 0.5) is 0 Å². The summed E-state index contributed by atoms with van der Waals surface area (Å²) in [6.07, 6.45) is 4.40. The van der Waals surface area contributed by atoms with Gasteiger partial charge in [-0.15, -0.1) is 0 Å². The minimum Gasteiger partial charge on any atom is -0.293 e. The van der Waals surface area contributed by atoms with Gasteiger partial charge >= 0.3 is 0 Å². The van der Waals surface area contributed by atoms with Crippen LogP contribution in [0.3, 0.4) is 0 Å². The first kappa shape index (κ1) is 12.3. The third-order valence-corrected chi connectivity index (χ3v) is 3.67. The fourth-order valence-corrected chi connectivity index (χ4v) is 2.81. The quantitative estimate of drug-likeness (QED) is 0.621. The van der Waals surface area contributed by atoms with E-state index in [9.17, 15) is 4.79 Å². The van der Waals surface area contributed by atoms with Crippen molar-refractivity contribution in [2.45, 2.75) is 13.3 Å². The second kappa shape index (κ2) is 5.42. The zero-order valence-corrected chi connectivity index (χ0v) is 11.1. The van der Waals surface area contributed by atoms with E-state index in [1.54, 1.807) is 17.2 Å². The van der Waals surface area contributed by atoms with E-state index in [2.05, 4.69) is 4.98 Å². The molecule has 0 radical (unpaired) electrons. The van der Waals surface area contributed by atoms with Crippen molar-refractivity contribution in [2.75, 3.05) is 6.54 Å². The third-order valence-electron chi connectivity index (χ3n) is 2.29. The van der Waals surface area contributed by atoms with Crippen LogP contribution in [0.2, 0.25) is 0 Å². The first-order chi connectivity index (χ1) is 8.22. The van der Waals surface area contributed by atoms with Gasteiger partial charge in [0.05, 0.1) is 10.6 Å². The number of rotatable bonds is 3. The number of carbonyl (C=O) groups is 1. The number of aromatic nitrogens is 1. The minimum atomic E-state index is -0.00694. The van der Waals surface area contributed by atoms with Gasteiger partial charge in [0.1, 0.15) is 4.32 Å². The van der Waals surface area contributed by atoms with Crippen molar-refractivity contribution in [1.29, 1.82) is 0 Å². The normalized spacial score (nSPS) is 18.2. The monoisotopic (exact) mass is 264 g/mol. The maximum atomic E-state index is 12.0. The van der Waals surface area contributed by atoms with Crippen molar-refractivity contribution in [2.24, 2.45) is 0 Å². The maximum Gasteiger partial charge on any atom is 0.266 e. The van der Waals surface area contributed by atoms with E-state index < -0.39 is 0 Å². The van der Waals surface area contributed by atoms with E-state index >= 15 is 0 Å². The number of thioether (sulfide) groups is 1. The largest absolute Gasteiger partial charge is 0.293 e. The van der Waals surface area contributed by atoms with Crippen LogP contribution in [0.15, 0.2) is 29.3 Å². The van der Waals surface area contributed by atoms with Crippen LogP contribution in [0, 0.1) is 0 Å². The second-order valence-electron chi connectivity index (χ2n) is 3.59. The Labute approximate surface area is 110 Å². The first-order valence-corrected chi connectivity index (χ1v) is 6.61. The number of amides is 1. The van der Waals surface area contributed by atoms with Crippen molar-refractivity contribution < 1.29 is 4.79 Å². The van der Waals surface area contributed by atoms with Gasteiger partial charge in [0.25, 0.3) is 5.91 Å². The molecule has 5 heteroatoms. The standard InChI is InChI=1S/C12H12N2OS2/c1-2-7-14-11(15)10(17-12(14)16)8-9-5-3-4-6-13-9/h3-6,8H,2,7H2,1H3. The molecule has 3 nitrogen and oxygen atoms in total. The van der Waals surface area contributed by atoms with Gasteiger partial charge < -0.3 is 0 Å². The smallest absolute Gasteiger partial charge is 0.266 e. The molecule has 2 heterocycles. The molecule has 1 aliphatic rings. The summed E-state index contributed by atoms with van der Waals surface area (Å²) in [4.78, 5) is 18.5. The van der Waals surface area contributed by atoms with Gasteiger partial charge in [-0.1, -0.05) is 37.0 Å². The van der Waals surface area contributed by atoms with Crippen molar-refractivity contribution in [3.63, 3.8) is 0 Å². The number of hydrogen-bond donors (Lipinski definition) is 0. The summed E-state index contributed by atoms with van der Waals surface area (Å²) in [6, 6.07) is 5.61. The Morgan fingerprint density at radius 1 is 1.53 bits per heavy atom. The van der Waals surface area contributed by atoms with Crippen LogP contribution in [0.1, 0.15) is 19.0 Å². The van der Waals surface area contributed by atoms with Crippen LogP contribution < -0.4 is 0 Å². The van der Waals surface area contributed by atoms with Gasteiger partial charge in [-0.05, 0) is 24.6 Å². The molecule has 0 aliphatic carbocycles. The van der Waals surface area contributed by atoms with Crippen molar-refractivity contribution in [1.82, 2.24) is 9.88 Å². The first-order valence-electron chi connectivity index (χ1n) is 5.38. The topological polar surface area (TPSA) is 33.2 Å². The molecule has 0 unspecified atom stereocenters. The molecule has 0 atom stereocenters. The Hall–Kier alpha value is -1.20. The van der Waals surface area contributed by atoms with E-state index in [-0.39, 0.29) is 5.91 Å². The van der Waals surface area contributed by atoms with Crippen LogP contribution in [0.5, 0.6) is 0 Å². The van der Waals surface area contributed by atoms with Crippen LogP contribution in [0.25, 0.3) is 6.08 Å². The van der Waals surface area contributed by atoms with Crippen LogP contribution >= 0.6 is 24.0 Å². The van der Waals surface area contributed by atoms with E-state index in [0.29, 0.717) is 15.8 Å². The van der Waals surface area contributed by atoms with Crippen molar-refractivity contribution in [3.8, 4) is 0 Å². The number of carbonyl (C=O) groups excluding carboxylic acids is 1. The lowest BCUT2D eigenvalue weighted by molar-refractivity contribution is -0.122. The number of nitrogens with zero attached hydrogens (tertiary/aromatic N) is 2. The van der Waals surface area contributed by atoms with E-state index in [0.717, 1.165) is 12.1 Å². The summed E-state index contributed by atoms with van der Waals surface area (Å²) in [5.74, 6) is -0.00694. The van der Waals surface area contributed by atoms with Crippen molar-refractivity contribution in [3.05, 3.63) is 35.0 Å². The Bertz CT molecular complexity index is 471. The van der Waals surface area contributed by atoms with E-state index in [1.165, 1.54) is 11.8 Å². The van der Waals surface area contributed by atoms with Gasteiger partial charge in [0.15, 0.2) is 0 Å². The Morgan fingerprint density at radius 3 is 3.00 bits per heavy atom. The van der Waals surface area contributed by atoms with E-state index in [4.69, 9.17) is 12.2 Å². The molecule has 88 valence electrons. The highest BCUT2D eigenvalue weighted by Crippen LogP contribution is 2.32. The zero-order chi connectivity index (χ0) is 12.3. The average molecular weight is 264 g/mol. The second-order valence-corrected chi connectivity index (χ2v) is 5.26. The molecule has 1 aromatic heterocycles. The lowest BCUT2D eigenvalue weighted by Crippen LogP contribution is -2.28. The summed E-state index contributed by atoms with van der Waals surface area (Å²) >= 11 is 6.53. The molecular weight excluding hydrogens is 252 g/mol. The highest BCUT2D eigenvalue weighted by molar-refractivity contribution is 8.26. The summed E-state index contributed by atoms with van der Waals surface area (Å²) < 4.78 is 0.638. The molecule has 0 spiro atoms. The fourth-order valence-electron chi connectivity index (χ4n) is 1.51. The molecule has 0 aromatic carbocycles. The molecule has 1 fully saturated rings. The molecule has 1 aliphatic heterocycles. The van der Waals surface area contributed by atoms with E-state index in [1.807, 2.05) is 25.1 Å². The lowest BCUT2D eigenvalue weighted by Gasteiger charge is -2.11. The van der Waals surface area contributed by atoms with Gasteiger partial charge in [0, 0.05) is 12.7 Å². The lowest BCUT2D eigenvalue weighted by atomic mass is 10.3. The fraction of sp³-hybridized carbons (Fsp3) is 0.250. The molecule has 0 N–H and O–H groups in total. The molecular formula is C12H12N2OS2. The highest BCUT2D eigenvalue weighted by atomic mass is 32.2. The van der Waals surface area contributed by atoms with Gasteiger partial charge in [0.2, 0.25) is 0 Å². The predicted octanol–water partition coefficient (Wildman–Crippen LogP) is 2.69. The number of hydrogen-bond acceptors (Lipinski definition) is 4. The summed E-state index contributed by atoms with van der Waals surface area (Å²) in [6.45, 7) is 2.71. The molecule has 0 bridgehead atoms. The summed E-state index contributed by atoms with van der Waals surface area (Å²) in [7, 11) is 0. The molecule has 1 saturated heterocycles. The number of thiocarbonyl (C=S) groups is 1. The van der Waals surface area contributed by atoms with Crippen LogP contribution in [-0.4, -0.2) is 26.7 Å². The van der Waals surface area contributed by atoms with Crippen molar-refractivity contribution >= 4 is 40.3 Å². The molecule has 2 rings (SSSR count). The summed E-state index contributed by atoms with van der Waals surface area (Å²) in [5, 5.41) is 0. The molecule has 17 heavy (non-hydrogen) atoms. The summed E-state index contributed by atoms with van der Waals surface area (Å²) in [5.41, 5.74) is 0.782. The van der Waals surface area contributed by atoms with Crippen LogP contribution in [-0.2, 0) is 4.79 Å². The molecule has 0 saturated carbocycles. The van der Waals surface area contributed by atoms with Gasteiger partial charge in [-0.2, -0.15) is 0 Å². The Balaban J connectivity index is 2.22. The Kier molecular flexibility index (Phi) is 3.91. The Morgan fingerprint density at radius 2 is 2.35 bits per heavy atom. The predicted molar refractivity (Wildman–Crippen MR) is 74.4 cm³/mol.